The Morgan fingerprint density at radius 2 is 2.10 bits per heavy atom. The van der Waals surface area contributed by atoms with Gasteiger partial charge in [-0.15, -0.1) is 0 Å². The monoisotopic (exact) mass is 390 g/mol. The standard InChI is InChI=1S/C24H30N4O/c1-16-21(18-5-3-4-10-26-13-18)8-9-22(25)24(16)27-23(29)12-17-6-7-19-14-28(2)15-20(19)11-17/h3-6,8-10,19-20H,7,11-15,25H2,1-2H3,(H,27,29)/t19-,20?/m0/s1. The second-order valence-corrected chi connectivity index (χ2v) is 8.54. The lowest BCUT2D eigenvalue weighted by molar-refractivity contribution is -0.115. The Hall–Kier alpha value is -2.66. The van der Waals surface area contributed by atoms with Crippen LogP contribution in [0.15, 0.2) is 47.0 Å². The summed E-state index contributed by atoms with van der Waals surface area (Å²) in [7, 11) is 2.19. The molecule has 0 aromatic heterocycles. The molecule has 2 atom stereocenters. The van der Waals surface area contributed by atoms with Crippen molar-refractivity contribution in [3.63, 3.8) is 0 Å². The number of nitrogens with one attached hydrogen (secondary N) is 1. The summed E-state index contributed by atoms with van der Waals surface area (Å²) in [5.41, 5.74) is 12.0. The average molecular weight is 391 g/mol. The summed E-state index contributed by atoms with van der Waals surface area (Å²) >= 11 is 0. The summed E-state index contributed by atoms with van der Waals surface area (Å²) in [4.78, 5) is 19.6. The van der Waals surface area contributed by atoms with Gasteiger partial charge in [0.15, 0.2) is 0 Å². The van der Waals surface area contributed by atoms with E-state index in [0.717, 1.165) is 47.7 Å². The number of fused-ring (bicyclic) bond motifs is 1. The molecule has 5 nitrogen and oxygen atoms in total. The molecule has 0 saturated carbocycles. The molecule has 3 N–H and O–H groups in total. The highest BCUT2D eigenvalue weighted by Gasteiger charge is 2.33. The summed E-state index contributed by atoms with van der Waals surface area (Å²) in [5.74, 6) is 1.46. The smallest absolute Gasteiger partial charge is 0.228 e. The zero-order chi connectivity index (χ0) is 20.4. The van der Waals surface area contributed by atoms with Crippen molar-refractivity contribution in [2.75, 3.05) is 37.7 Å². The minimum absolute atomic E-state index is 0.0146. The fourth-order valence-corrected chi connectivity index (χ4v) is 4.85. The third kappa shape index (κ3) is 4.35. The number of carbonyl (C=O) groups excluding carboxylic acids is 1. The molecule has 152 valence electrons. The van der Waals surface area contributed by atoms with E-state index in [4.69, 9.17) is 5.73 Å². The van der Waals surface area contributed by atoms with Gasteiger partial charge in [0.1, 0.15) is 0 Å². The zero-order valence-corrected chi connectivity index (χ0v) is 17.3. The maximum atomic E-state index is 12.8. The molecule has 1 saturated heterocycles. The fraction of sp³-hybridized carbons (Fsp3) is 0.417. The minimum Gasteiger partial charge on any atom is -0.397 e. The van der Waals surface area contributed by atoms with Crippen molar-refractivity contribution in [2.24, 2.45) is 16.8 Å². The molecule has 1 aliphatic carbocycles. The number of nitrogen functional groups attached to an aromatic ring is 1. The number of anilines is 2. The van der Waals surface area contributed by atoms with Crippen LogP contribution in [0.1, 0.15) is 30.4 Å². The van der Waals surface area contributed by atoms with Crippen LogP contribution in [0.4, 0.5) is 11.4 Å². The Morgan fingerprint density at radius 3 is 2.97 bits per heavy atom. The molecule has 2 heterocycles. The van der Waals surface area contributed by atoms with E-state index in [1.54, 1.807) is 0 Å². The predicted octanol–water partition coefficient (Wildman–Crippen LogP) is 3.83. The molecule has 5 heteroatoms. The van der Waals surface area contributed by atoms with Crippen molar-refractivity contribution in [3.8, 4) is 0 Å². The van der Waals surface area contributed by atoms with E-state index in [1.165, 1.54) is 12.1 Å². The SMILES string of the molecule is Cc1c(C2=CC=CC=NC2)ccc(N)c1NC(=O)CC1=CC[C@H]2CN(C)CC2C1. The molecule has 29 heavy (non-hydrogen) atoms. The predicted molar refractivity (Wildman–Crippen MR) is 121 cm³/mol. The van der Waals surface area contributed by atoms with Crippen molar-refractivity contribution in [1.29, 1.82) is 0 Å². The Kier molecular flexibility index (Phi) is 5.67. The van der Waals surface area contributed by atoms with Gasteiger partial charge in [0.05, 0.1) is 17.9 Å². The summed E-state index contributed by atoms with van der Waals surface area (Å²) in [6, 6.07) is 3.89. The second-order valence-electron chi connectivity index (χ2n) is 8.54. The Labute approximate surface area is 173 Å². The number of aliphatic imine (C=N–C) groups is 1. The lowest BCUT2D eigenvalue weighted by Crippen LogP contribution is -2.20. The van der Waals surface area contributed by atoms with Crippen LogP contribution in [-0.4, -0.2) is 43.7 Å². The number of nitrogens with two attached hydrogens (primary N) is 1. The molecule has 2 aliphatic heterocycles. The molecule has 1 fully saturated rings. The normalized spacial score (nSPS) is 23.9. The van der Waals surface area contributed by atoms with Crippen molar-refractivity contribution < 1.29 is 4.79 Å². The van der Waals surface area contributed by atoms with Crippen LogP contribution < -0.4 is 11.1 Å². The molecule has 1 amide bonds. The zero-order valence-electron chi connectivity index (χ0n) is 17.3. The quantitative estimate of drug-likeness (QED) is 0.606. The van der Waals surface area contributed by atoms with Gasteiger partial charge in [-0.2, -0.15) is 0 Å². The van der Waals surface area contributed by atoms with Gasteiger partial charge in [0.2, 0.25) is 5.91 Å². The third-order valence-electron chi connectivity index (χ3n) is 6.35. The maximum absolute atomic E-state index is 12.8. The second kappa shape index (κ2) is 8.37. The number of allylic oxidation sites excluding steroid dienone is 4. The average Bonchev–Trinajstić information content (AvgIpc) is 2.88. The van der Waals surface area contributed by atoms with Gasteiger partial charge in [-0.25, -0.2) is 0 Å². The summed E-state index contributed by atoms with van der Waals surface area (Å²) in [6.07, 6.45) is 12.7. The van der Waals surface area contributed by atoms with Crippen molar-refractivity contribution in [3.05, 3.63) is 53.1 Å². The number of amides is 1. The Bertz CT molecular complexity index is 925. The number of benzene rings is 1. The molecule has 1 aromatic carbocycles. The summed E-state index contributed by atoms with van der Waals surface area (Å²) in [5, 5.41) is 3.09. The number of hydrogen-bond acceptors (Lipinski definition) is 4. The number of hydrogen-bond donors (Lipinski definition) is 2. The number of rotatable bonds is 4. The molecular weight excluding hydrogens is 360 g/mol. The van der Waals surface area contributed by atoms with E-state index in [9.17, 15) is 4.79 Å². The molecule has 0 bridgehead atoms. The van der Waals surface area contributed by atoms with Crippen LogP contribution in [0, 0.1) is 18.8 Å². The van der Waals surface area contributed by atoms with Gasteiger partial charge in [-0.05, 0) is 67.5 Å². The lowest BCUT2D eigenvalue weighted by atomic mass is 9.81. The van der Waals surface area contributed by atoms with Crippen molar-refractivity contribution in [1.82, 2.24) is 4.90 Å². The first-order valence-electron chi connectivity index (χ1n) is 10.4. The first-order valence-corrected chi connectivity index (χ1v) is 10.4. The third-order valence-corrected chi connectivity index (χ3v) is 6.35. The van der Waals surface area contributed by atoms with Gasteiger partial charge < -0.3 is 16.0 Å². The largest absolute Gasteiger partial charge is 0.397 e. The van der Waals surface area contributed by atoms with Crippen molar-refractivity contribution in [2.45, 2.75) is 26.2 Å². The van der Waals surface area contributed by atoms with Gasteiger partial charge in [0, 0.05) is 25.7 Å². The van der Waals surface area contributed by atoms with Crippen molar-refractivity contribution >= 4 is 29.1 Å². The molecule has 1 unspecified atom stereocenters. The van der Waals surface area contributed by atoms with Crippen LogP contribution in [0.25, 0.3) is 5.57 Å². The van der Waals surface area contributed by atoms with E-state index < -0.39 is 0 Å². The molecule has 0 spiro atoms. The topological polar surface area (TPSA) is 70.7 Å². The van der Waals surface area contributed by atoms with E-state index in [0.29, 0.717) is 24.6 Å². The minimum atomic E-state index is 0.0146. The fourth-order valence-electron chi connectivity index (χ4n) is 4.85. The van der Waals surface area contributed by atoms with Crippen LogP contribution >= 0.6 is 0 Å². The summed E-state index contributed by atoms with van der Waals surface area (Å²) in [6.45, 7) is 4.95. The highest BCUT2D eigenvalue weighted by Crippen LogP contribution is 2.37. The van der Waals surface area contributed by atoms with E-state index in [1.807, 2.05) is 37.4 Å². The van der Waals surface area contributed by atoms with Gasteiger partial charge in [0.25, 0.3) is 0 Å². The molecule has 0 radical (unpaired) electrons. The highest BCUT2D eigenvalue weighted by molar-refractivity contribution is 5.97. The molecular formula is C24H30N4O. The van der Waals surface area contributed by atoms with Gasteiger partial charge in [-0.3, -0.25) is 9.79 Å². The van der Waals surface area contributed by atoms with Crippen LogP contribution in [0.2, 0.25) is 0 Å². The van der Waals surface area contributed by atoms with E-state index >= 15 is 0 Å². The Balaban J connectivity index is 1.47. The maximum Gasteiger partial charge on any atom is 0.228 e. The summed E-state index contributed by atoms with van der Waals surface area (Å²) < 4.78 is 0. The van der Waals surface area contributed by atoms with E-state index in [-0.39, 0.29) is 5.91 Å². The molecule has 4 rings (SSSR count). The highest BCUT2D eigenvalue weighted by atomic mass is 16.1. The van der Waals surface area contributed by atoms with Crippen LogP contribution in [0.5, 0.6) is 0 Å². The first kappa shape index (κ1) is 19.6. The van der Waals surface area contributed by atoms with E-state index in [2.05, 4.69) is 34.4 Å². The first-order chi connectivity index (χ1) is 14.0. The van der Waals surface area contributed by atoms with Crippen LogP contribution in [0.3, 0.4) is 0 Å². The molecule has 3 aliphatic rings. The number of carbonyl (C=O) groups is 1. The number of nitrogens with zero attached hydrogens (tertiary/aromatic N) is 2. The number of likely N-dealkylation sites (tertiary alicyclic amines) is 1. The van der Waals surface area contributed by atoms with Gasteiger partial charge >= 0.3 is 0 Å². The van der Waals surface area contributed by atoms with Gasteiger partial charge in [-0.1, -0.05) is 29.9 Å². The lowest BCUT2D eigenvalue weighted by Gasteiger charge is -2.24. The van der Waals surface area contributed by atoms with Crippen LogP contribution in [-0.2, 0) is 4.79 Å². The Morgan fingerprint density at radius 1 is 1.28 bits per heavy atom. The molecule has 1 aromatic rings.